The molecule has 0 aliphatic carbocycles. The molecule has 7 heteroatoms. The van der Waals surface area contributed by atoms with E-state index in [0.29, 0.717) is 0 Å². The molecular weight excluding hydrogens is 874 g/mol. The maximum absolute atomic E-state index is 14.5. The minimum atomic E-state index is -3.87. The third-order valence-electron chi connectivity index (χ3n) is 9.96. The molecule has 0 bridgehead atoms. The van der Waals surface area contributed by atoms with Crippen molar-refractivity contribution in [1.29, 1.82) is 0 Å². The average Bonchev–Trinajstić information content (AvgIpc) is 3.59. The van der Waals surface area contributed by atoms with E-state index in [-0.39, 0.29) is 20.6 Å². The Morgan fingerprint density at radius 3 is 1.18 bits per heavy atom. The minimum Gasteiger partial charge on any atom is -0.309 e. The van der Waals surface area contributed by atoms with Crippen LogP contribution in [-0.2, 0) is 20.7 Å². The summed E-state index contributed by atoms with van der Waals surface area (Å²) in [5.41, 5.74) is 8.31. The van der Waals surface area contributed by atoms with Crippen LogP contribution in [0.1, 0.15) is 52.7 Å². The molecule has 0 saturated heterocycles. The summed E-state index contributed by atoms with van der Waals surface area (Å²) < 4.78 is 35.7. The van der Waals surface area contributed by atoms with E-state index in [4.69, 9.17) is 0 Å². The Balaban J connectivity index is 1.29. The number of fused-ring (bicyclic) bond motifs is 6. The highest BCUT2D eigenvalue weighted by atomic mass is 127. The second-order valence-corrected chi connectivity index (χ2v) is 19.9. The Morgan fingerprint density at radius 1 is 0.451 bits per heavy atom. The fourth-order valence-electron chi connectivity index (χ4n) is 7.20. The predicted molar refractivity (Wildman–Crippen MR) is 230 cm³/mol. The van der Waals surface area contributed by atoms with Crippen LogP contribution < -0.4 is 0 Å². The third kappa shape index (κ3) is 5.89. The first-order chi connectivity index (χ1) is 24.1. The van der Waals surface area contributed by atoms with Gasteiger partial charge in [-0.05, 0) is 164 Å². The van der Waals surface area contributed by atoms with Gasteiger partial charge >= 0.3 is 0 Å². The summed E-state index contributed by atoms with van der Waals surface area (Å²) in [4.78, 5) is 0.520. The number of rotatable bonds is 4. The summed E-state index contributed by atoms with van der Waals surface area (Å²) in [5, 5.41) is 4.62. The minimum absolute atomic E-state index is 0.0107. The first kappa shape index (κ1) is 34.4. The summed E-state index contributed by atoms with van der Waals surface area (Å²) in [7, 11) is -3.87. The smallest absolute Gasteiger partial charge is 0.206 e. The normalized spacial score (nSPS) is 12.9. The lowest BCUT2D eigenvalue weighted by Crippen LogP contribution is -2.10. The summed E-state index contributed by atoms with van der Waals surface area (Å²) in [6, 6.07) is 40.9. The lowest BCUT2D eigenvalue weighted by atomic mass is 9.85. The van der Waals surface area contributed by atoms with Crippen LogP contribution in [0.25, 0.3) is 55.0 Å². The molecule has 2 heterocycles. The molecule has 2 aromatic heterocycles. The molecule has 0 radical (unpaired) electrons. The zero-order chi connectivity index (χ0) is 36.0. The van der Waals surface area contributed by atoms with Gasteiger partial charge in [0.1, 0.15) is 0 Å². The highest BCUT2D eigenvalue weighted by Gasteiger charge is 2.24. The summed E-state index contributed by atoms with van der Waals surface area (Å²) >= 11 is 4.69. The van der Waals surface area contributed by atoms with Gasteiger partial charge in [0, 0.05) is 40.1 Å². The SMILES string of the molecule is CC(C)(C)c1ccc2c(c1)c1cc(C(C)(C)C)ccc1n2-c1cccc(S(=O)(=O)c2cccc(-n3c4ccc(I)cc4c4cc(I)ccc43)c2)c1. The zero-order valence-corrected chi connectivity index (χ0v) is 34.6. The van der Waals surface area contributed by atoms with Crippen molar-refractivity contribution in [3.05, 3.63) is 140 Å². The van der Waals surface area contributed by atoms with Gasteiger partial charge in [-0.25, -0.2) is 8.42 Å². The van der Waals surface area contributed by atoms with Gasteiger partial charge in [0.25, 0.3) is 0 Å². The maximum atomic E-state index is 14.5. The molecule has 8 aromatic rings. The molecule has 6 aromatic carbocycles. The first-order valence-corrected chi connectivity index (χ1v) is 20.7. The molecule has 0 amide bonds. The summed E-state index contributed by atoms with van der Waals surface area (Å²) in [6.07, 6.45) is 0. The van der Waals surface area contributed by atoms with Crippen molar-refractivity contribution in [2.75, 3.05) is 0 Å². The Hall–Kier alpha value is -3.67. The number of halogens is 2. The van der Waals surface area contributed by atoms with Crippen LogP contribution >= 0.6 is 45.2 Å². The molecule has 0 spiro atoms. The average molecular weight is 913 g/mol. The number of hydrogen-bond donors (Lipinski definition) is 0. The van der Waals surface area contributed by atoms with E-state index in [2.05, 4.69) is 169 Å². The fourth-order valence-corrected chi connectivity index (χ4v) is 9.52. The van der Waals surface area contributed by atoms with Crippen molar-refractivity contribution in [3.8, 4) is 11.4 Å². The molecule has 51 heavy (non-hydrogen) atoms. The highest BCUT2D eigenvalue weighted by molar-refractivity contribution is 14.1. The number of nitrogens with zero attached hydrogens (tertiary/aromatic N) is 2. The number of benzene rings is 6. The molecule has 0 unspecified atom stereocenters. The molecule has 0 atom stereocenters. The number of aromatic nitrogens is 2. The van der Waals surface area contributed by atoms with E-state index >= 15 is 0 Å². The molecule has 8 rings (SSSR count). The Labute approximate surface area is 326 Å². The number of hydrogen-bond acceptors (Lipinski definition) is 2. The van der Waals surface area contributed by atoms with E-state index < -0.39 is 9.84 Å². The molecule has 256 valence electrons. The molecule has 4 nitrogen and oxygen atoms in total. The topological polar surface area (TPSA) is 44.0 Å². The van der Waals surface area contributed by atoms with Crippen molar-refractivity contribution in [1.82, 2.24) is 9.13 Å². The predicted octanol–water partition coefficient (Wildman–Crippen LogP) is 12.5. The van der Waals surface area contributed by atoms with Gasteiger partial charge in [-0.3, -0.25) is 0 Å². The Bertz CT molecular complexity index is 2680. The van der Waals surface area contributed by atoms with Crippen LogP contribution in [0.5, 0.6) is 0 Å². The fraction of sp³-hybridized carbons (Fsp3) is 0.182. The molecule has 0 aliphatic heterocycles. The van der Waals surface area contributed by atoms with E-state index in [1.807, 2.05) is 30.3 Å². The zero-order valence-electron chi connectivity index (χ0n) is 29.4. The molecule has 0 fully saturated rings. The summed E-state index contributed by atoms with van der Waals surface area (Å²) in [6.45, 7) is 13.4. The van der Waals surface area contributed by atoms with Gasteiger partial charge in [0.15, 0.2) is 0 Å². The standard InChI is InChI=1S/C44H38I2N2O2S/c1-43(2,3)27-13-17-39-35(21-27)36-22-28(44(4,5)6)14-18-40(36)47(39)31-9-7-11-33(25-31)51(49,50)34-12-8-10-32(26-34)48-41-19-15-29(45)23-37(41)38-24-30(46)16-20-42(38)48/h7-26H,1-6H3. The van der Waals surface area contributed by atoms with Crippen molar-refractivity contribution < 1.29 is 8.42 Å². The quantitative estimate of drug-likeness (QED) is 0.165. The largest absolute Gasteiger partial charge is 0.309 e. The van der Waals surface area contributed by atoms with Gasteiger partial charge in [0.2, 0.25) is 9.84 Å². The van der Waals surface area contributed by atoms with Crippen LogP contribution in [-0.4, -0.2) is 17.6 Å². The van der Waals surface area contributed by atoms with Crippen LogP contribution in [0.3, 0.4) is 0 Å². The van der Waals surface area contributed by atoms with Crippen molar-refractivity contribution in [3.63, 3.8) is 0 Å². The van der Waals surface area contributed by atoms with Crippen LogP contribution in [0, 0.1) is 7.14 Å². The monoisotopic (exact) mass is 912 g/mol. The second kappa shape index (κ2) is 12.2. The lowest BCUT2D eigenvalue weighted by Gasteiger charge is -2.19. The molecular formula is C44H38I2N2O2S. The maximum Gasteiger partial charge on any atom is 0.206 e. The molecule has 0 N–H and O–H groups in total. The third-order valence-corrected chi connectivity index (χ3v) is 13.0. The number of sulfone groups is 1. The lowest BCUT2D eigenvalue weighted by molar-refractivity contribution is 0.590. The second-order valence-electron chi connectivity index (χ2n) is 15.5. The van der Waals surface area contributed by atoms with Gasteiger partial charge in [0.05, 0.1) is 31.9 Å². The van der Waals surface area contributed by atoms with E-state index in [0.717, 1.165) is 51.4 Å². The van der Waals surface area contributed by atoms with Gasteiger partial charge < -0.3 is 9.13 Å². The van der Waals surface area contributed by atoms with Gasteiger partial charge in [-0.1, -0.05) is 65.8 Å². The van der Waals surface area contributed by atoms with Crippen LogP contribution in [0.4, 0.5) is 0 Å². The van der Waals surface area contributed by atoms with E-state index in [1.165, 1.54) is 21.9 Å². The summed E-state index contributed by atoms with van der Waals surface area (Å²) in [5.74, 6) is 0. The van der Waals surface area contributed by atoms with Crippen molar-refractivity contribution in [2.24, 2.45) is 0 Å². The van der Waals surface area contributed by atoms with E-state index in [9.17, 15) is 8.42 Å². The van der Waals surface area contributed by atoms with Gasteiger partial charge in [-0.15, -0.1) is 0 Å². The molecule has 0 saturated carbocycles. The first-order valence-electron chi connectivity index (χ1n) is 17.1. The molecule has 0 aliphatic rings. The Kier molecular flexibility index (Phi) is 8.23. The van der Waals surface area contributed by atoms with Crippen molar-refractivity contribution in [2.45, 2.75) is 62.2 Å². The van der Waals surface area contributed by atoms with E-state index in [1.54, 1.807) is 18.2 Å². The highest BCUT2D eigenvalue weighted by Crippen LogP contribution is 2.39. The Morgan fingerprint density at radius 2 is 0.804 bits per heavy atom. The van der Waals surface area contributed by atoms with Crippen LogP contribution in [0.2, 0.25) is 0 Å². The van der Waals surface area contributed by atoms with Crippen LogP contribution in [0.15, 0.2) is 131 Å². The van der Waals surface area contributed by atoms with Crippen molar-refractivity contribution >= 4 is 98.6 Å². The van der Waals surface area contributed by atoms with Gasteiger partial charge in [-0.2, -0.15) is 0 Å².